The number of hydrogen-bond acceptors (Lipinski definition) is 3. The SMILES string of the molecule is CC(C)CN1CCOc2c(C(=O)O)cc(Cl)cc21. The molecule has 18 heavy (non-hydrogen) atoms. The summed E-state index contributed by atoms with van der Waals surface area (Å²) < 4.78 is 5.50. The molecule has 0 spiro atoms. The Hall–Kier alpha value is -1.42. The van der Waals surface area contributed by atoms with Gasteiger partial charge < -0.3 is 14.7 Å². The first-order chi connectivity index (χ1) is 8.49. The first-order valence-electron chi connectivity index (χ1n) is 5.93. The predicted octanol–water partition coefficient (Wildman–Crippen LogP) is 2.89. The smallest absolute Gasteiger partial charge is 0.339 e. The molecule has 1 heterocycles. The maximum atomic E-state index is 11.2. The number of aromatic carboxylic acids is 1. The number of hydrogen-bond donors (Lipinski definition) is 1. The molecule has 0 unspecified atom stereocenters. The van der Waals surface area contributed by atoms with Gasteiger partial charge in [-0.15, -0.1) is 0 Å². The minimum atomic E-state index is -1.01. The maximum absolute atomic E-state index is 11.2. The molecule has 0 radical (unpaired) electrons. The number of nitrogens with zero attached hydrogens (tertiary/aromatic N) is 1. The van der Waals surface area contributed by atoms with Gasteiger partial charge >= 0.3 is 5.97 Å². The Kier molecular flexibility index (Phi) is 3.66. The molecule has 1 aromatic rings. The van der Waals surface area contributed by atoms with E-state index in [2.05, 4.69) is 18.7 Å². The van der Waals surface area contributed by atoms with Crippen molar-refractivity contribution < 1.29 is 14.6 Å². The summed E-state index contributed by atoms with van der Waals surface area (Å²) in [5, 5.41) is 9.60. The third-order valence-electron chi connectivity index (χ3n) is 2.80. The van der Waals surface area contributed by atoms with Crippen molar-refractivity contribution in [3.63, 3.8) is 0 Å². The van der Waals surface area contributed by atoms with E-state index in [0.29, 0.717) is 23.3 Å². The highest BCUT2D eigenvalue weighted by atomic mass is 35.5. The quantitative estimate of drug-likeness (QED) is 0.917. The van der Waals surface area contributed by atoms with Crippen LogP contribution in [0.3, 0.4) is 0 Å². The van der Waals surface area contributed by atoms with Crippen molar-refractivity contribution in [3.8, 4) is 5.75 Å². The summed E-state index contributed by atoms with van der Waals surface area (Å²) >= 11 is 5.98. The number of benzene rings is 1. The average molecular weight is 270 g/mol. The minimum absolute atomic E-state index is 0.131. The molecule has 2 rings (SSSR count). The Morgan fingerprint density at radius 2 is 2.28 bits per heavy atom. The molecule has 1 aliphatic rings. The van der Waals surface area contributed by atoms with Crippen molar-refractivity contribution >= 4 is 23.3 Å². The van der Waals surface area contributed by atoms with E-state index in [-0.39, 0.29) is 5.56 Å². The van der Waals surface area contributed by atoms with Gasteiger partial charge in [0.05, 0.1) is 12.2 Å². The number of halogens is 1. The van der Waals surface area contributed by atoms with Crippen LogP contribution in [0.1, 0.15) is 24.2 Å². The minimum Gasteiger partial charge on any atom is -0.489 e. The van der Waals surface area contributed by atoms with Crippen LogP contribution in [0.4, 0.5) is 5.69 Å². The summed E-state index contributed by atoms with van der Waals surface area (Å²) in [5.74, 6) is -0.0952. The van der Waals surface area contributed by atoms with E-state index in [0.717, 1.165) is 18.8 Å². The Balaban J connectivity index is 2.47. The fourth-order valence-electron chi connectivity index (χ4n) is 2.13. The zero-order chi connectivity index (χ0) is 13.3. The second-order valence-electron chi connectivity index (χ2n) is 4.80. The molecule has 0 aromatic heterocycles. The molecule has 0 fully saturated rings. The third-order valence-corrected chi connectivity index (χ3v) is 3.02. The molecule has 0 aliphatic carbocycles. The molecular weight excluding hydrogens is 254 g/mol. The molecule has 1 aliphatic heterocycles. The van der Waals surface area contributed by atoms with Crippen LogP contribution in [-0.4, -0.2) is 30.8 Å². The number of carboxylic acids is 1. The molecule has 98 valence electrons. The van der Waals surface area contributed by atoms with Crippen molar-refractivity contribution in [2.24, 2.45) is 5.92 Å². The predicted molar refractivity (Wildman–Crippen MR) is 71.0 cm³/mol. The Morgan fingerprint density at radius 3 is 2.89 bits per heavy atom. The van der Waals surface area contributed by atoms with Crippen LogP contribution in [0.15, 0.2) is 12.1 Å². The second-order valence-corrected chi connectivity index (χ2v) is 5.23. The molecular formula is C13H16ClNO3. The number of ether oxygens (including phenoxy) is 1. The lowest BCUT2D eigenvalue weighted by atomic mass is 10.1. The van der Waals surface area contributed by atoms with Gasteiger partial charge in [-0.1, -0.05) is 25.4 Å². The van der Waals surface area contributed by atoms with Crippen LogP contribution in [0, 0.1) is 5.92 Å². The molecule has 0 saturated heterocycles. The van der Waals surface area contributed by atoms with E-state index in [1.165, 1.54) is 6.07 Å². The van der Waals surface area contributed by atoms with E-state index in [4.69, 9.17) is 16.3 Å². The Morgan fingerprint density at radius 1 is 1.56 bits per heavy atom. The summed E-state index contributed by atoms with van der Waals surface area (Å²) in [6.07, 6.45) is 0. The van der Waals surface area contributed by atoms with Gasteiger partial charge in [-0.3, -0.25) is 0 Å². The first-order valence-corrected chi connectivity index (χ1v) is 6.31. The Bertz CT molecular complexity index is 474. The molecule has 5 heteroatoms. The number of rotatable bonds is 3. The molecule has 0 bridgehead atoms. The zero-order valence-electron chi connectivity index (χ0n) is 10.4. The van der Waals surface area contributed by atoms with Gasteiger partial charge in [-0.05, 0) is 18.1 Å². The number of carbonyl (C=O) groups is 1. The Labute approximate surface area is 111 Å². The van der Waals surface area contributed by atoms with Gasteiger partial charge in [0.2, 0.25) is 0 Å². The number of carboxylic acid groups (broad SMARTS) is 1. The summed E-state index contributed by atoms with van der Waals surface area (Å²) in [6.45, 7) is 6.36. The van der Waals surface area contributed by atoms with Crippen molar-refractivity contribution in [3.05, 3.63) is 22.7 Å². The fraction of sp³-hybridized carbons (Fsp3) is 0.462. The maximum Gasteiger partial charge on any atom is 0.339 e. The fourth-order valence-corrected chi connectivity index (χ4v) is 2.35. The van der Waals surface area contributed by atoms with Gasteiger partial charge in [0.25, 0.3) is 0 Å². The highest BCUT2D eigenvalue weighted by Crippen LogP contribution is 2.38. The first kappa shape index (κ1) is 13.0. The van der Waals surface area contributed by atoms with Gasteiger partial charge in [-0.25, -0.2) is 4.79 Å². The molecule has 4 nitrogen and oxygen atoms in total. The largest absolute Gasteiger partial charge is 0.489 e. The van der Waals surface area contributed by atoms with Gasteiger partial charge in [-0.2, -0.15) is 0 Å². The van der Waals surface area contributed by atoms with Crippen LogP contribution in [0.25, 0.3) is 0 Å². The van der Waals surface area contributed by atoms with Crippen molar-refractivity contribution in [1.29, 1.82) is 0 Å². The topological polar surface area (TPSA) is 49.8 Å². The van der Waals surface area contributed by atoms with Crippen LogP contribution in [0.5, 0.6) is 5.75 Å². The molecule has 1 aromatic carbocycles. The lowest BCUT2D eigenvalue weighted by Gasteiger charge is -2.33. The summed E-state index contributed by atoms with van der Waals surface area (Å²) in [7, 11) is 0. The van der Waals surface area contributed by atoms with E-state index in [1.807, 2.05) is 0 Å². The third kappa shape index (κ3) is 2.53. The normalized spacial score (nSPS) is 14.3. The van der Waals surface area contributed by atoms with E-state index in [1.54, 1.807) is 6.07 Å². The van der Waals surface area contributed by atoms with Crippen LogP contribution >= 0.6 is 11.6 Å². The van der Waals surface area contributed by atoms with E-state index >= 15 is 0 Å². The van der Waals surface area contributed by atoms with E-state index < -0.39 is 5.97 Å². The molecule has 0 atom stereocenters. The highest BCUT2D eigenvalue weighted by molar-refractivity contribution is 6.31. The monoisotopic (exact) mass is 269 g/mol. The average Bonchev–Trinajstić information content (AvgIpc) is 2.28. The second kappa shape index (κ2) is 5.06. The lowest BCUT2D eigenvalue weighted by molar-refractivity contribution is 0.0692. The number of anilines is 1. The van der Waals surface area contributed by atoms with Gasteiger partial charge in [0.15, 0.2) is 5.75 Å². The van der Waals surface area contributed by atoms with Gasteiger partial charge in [0.1, 0.15) is 12.2 Å². The van der Waals surface area contributed by atoms with Crippen LogP contribution in [0.2, 0.25) is 5.02 Å². The van der Waals surface area contributed by atoms with E-state index in [9.17, 15) is 9.90 Å². The van der Waals surface area contributed by atoms with Gasteiger partial charge in [0, 0.05) is 11.6 Å². The van der Waals surface area contributed by atoms with Crippen molar-refractivity contribution in [2.75, 3.05) is 24.6 Å². The molecule has 0 amide bonds. The van der Waals surface area contributed by atoms with Crippen molar-refractivity contribution in [2.45, 2.75) is 13.8 Å². The zero-order valence-corrected chi connectivity index (χ0v) is 11.2. The van der Waals surface area contributed by atoms with Crippen molar-refractivity contribution in [1.82, 2.24) is 0 Å². The van der Waals surface area contributed by atoms with Crippen LogP contribution < -0.4 is 9.64 Å². The molecule has 0 saturated carbocycles. The van der Waals surface area contributed by atoms with Crippen LogP contribution in [-0.2, 0) is 0 Å². The lowest BCUT2D eigenvalue weighted by Crippen LogP contribution is -2.36. The number of fused-ring (bicyclic) bond motifs is 1. The summed E-state index contributed by atoms with van der Waals surface area (Å²) in [6, 6.07) is 3.20. The highest BCUT2D eigenvalue weighted by Gasteiger charge is 2.25. The summed E-state index contributed by atoms with van der Waals surface area (Å²) in [4.78, 5) is 13.3. The molecule has 1 N–H and O–H groups in total. The summed E-state index contributed by atoms with van der Waals surface area (Å²) in [5.41, 5.74) is 0.908. The standard InChI is InChI=1S/C13H16ClNO3/c1-8(2)7-15-3-4-18-12-10(13(16)17)5-9(14)6-11(12)15/h5-6,8H,3-4,7H2,1-2H3,(H,16,17).